The smallest absolute Gasteiger partial charge is 0.308 e. The summed E-state index contributed by atoms with van der Waals surface area (Å²) >= 11 is 0. The van der Waals surface area contributed by atoms with E-state index in [4.69, 9.17) is 4.74 Å². The van der Waals surface area contributed by atoms with Crippen molar-refractivity contribution in [2.24, 2.45) is 5.92 Å². The molecule has 2 heterocycles. The summed E-state index contributed by atoms with van der Waals surface area (Å²) in [6.45, 7) is 4.81. The van der Waals surface area contributed by atoms with Crippen LogP contribution in [-0.4, -0.2) is 40.6 Å². The minimum atomic E-state index is -0.720. The first-order valence-corrected chi connectivity index (χ1v) is 15.0. The molecule has 0 aliphatic carbocycles. The second-order valence-corrected chi connectivity index (χ2v) is 11.8. The molecule has 1 amide bonds. The summed E-state index contributed by atoms with van der Waals surface area (Å²) in [6.07, 6.45) is 1.27. The number of nitrogens with zero attached hydrogens (tertiary/aromatic N) is 1. The van der Waals surface area contributed by atoms with E-state index in [-0.39, 0.29) is 24.6 Å². The molecule has 0 unspecified atom stereocenters. The number of hydrogen-bond donors (Lipinski definition) is 2. The van der Waals surface area contributed by atoms with Crippen molar-refractivity contribution in [1.82, 2.24) is 4.90 Å². The van der Waals surface area contributed by atoms with Gasteiger partial charge in [0.2, 0.25) is 5.91 Å². The van der Waals surface area contributed by atoms with Crippen LogP contribution < -0.4 is 5.32 Å². The number of ether oxygens (including phenoxy) is 1. The van der Waals surface area contributed by atoms with E-state index in [1.165, 1.54) is 12.1 Å². The lowest BCUT2D eigenvalue weighted by Gasteiger charge is -2.40. The van der Waals surface area contributed by atoms with Crippen molar-refractivity contribution in [2.45, 2.75) is 64.6 Å². The number of hydrogen-bond acceptors (Lipinski definition) is 5. The number of rotatable bonds is 10. The van der Waals surface area contributed by atoms with E-state index in [2.05, 4.69) is 36.2 Å². The zero-order valence-corrected chi connectivity index (χ0v) is 24.8. The zero-order valence-electron chi connectivity index (χ0n) is 24.8. The highest BCUT2D eigenvalue weighted by Gasteiger charge is 2.33. The molecule has 5 rings (SSSR count). The Balaban J connectivity index is 1.59. The van der Waals surface area contributed by atoms with Crippen molar-refractivity contribution < 1.29 is 23.8 Å². The Morgan fingerprint density at radius 1 is 1.00 bits per heavy atom. The van der Waals surface area contributed by atoms with Crippen LogP contribution >= 0.6 is 0 Å². The van der Waals surface area contributed by atoms with Crippen LogP contribution in [0.15, 0.2) is 96.2 Å². The van der Waals surface area contributed by atoms with Crippen LogP contribution in [0, 0.1) is 11.7 Å². The Hall–Kier alpha value is -4.23. The molecule has 0 radical (unpaired) electrons. The van der Waals surface area contributed by atoms with Gasteiger partial charge in [0.1, 0.15) is 11.9 Å². The summed E-state index contributed by atoms with van der Waals surface area (Å²) < 4.78 is 19.7. The Kier molecular flexibility index (Phi) is 9.72. The first-order valence-electron chi connectivity index (χ1n) is 15.0. The van der Waals surface area contributed by atoms with Crippen molar-refractivity contribution in [2.75, 3.05) is 11.9 Å². The number of cyclic esters (lactones) is 1. The number of nitrogens with one attached hydrogen (secondary N) is 1. The zero-order chi connectivity index (χ0) is 30.3. The number of aliphatic hydroxyl groups is 1. The van der Waals surface area contributed by atoms with Crippen LogP contribution in [0.1, 0.15) is 63.5 Å². The van der Waals surface area contributed by atoms with Crippen LogP contribution in [0.3, 0.4) is 0 Å². The fourth-order valence-electron chi connectivity index (χ4n) is 5.99. The number of halogens is 1. The van der Waals surface area contributed by atoms with E-state index in [1.54, 1.807) is 12.1 Å². The van der Waals surface area contributed by atoms with E-state index in [0.717, 1.165) is 45.8 Å². The van der Waals surface area contributed by atoms with Gasteiger partial charge in [-0.2, -0.15) is 0 Å². The van der Waals surface area contributed by atoms with Gasteiger partial charge in [0.25, 0.3) is 0 Å². The van der Waals surface area contributed by atoms with E-state index in [0.29, 0.717) is 31.7 Å². The van der Waals surface area contributed by atoms with Gasteiger partial charge >= 0.3 is 5.97 Å². The number of amides is 1. The van der Waals surface area contributed by atoms with Crippen molar-refractivity contribution in [3.05, 3.63) is 113 Å². The predicted octanol–water partition coefficient (Wildman–Crippen LogP) is 7.19. The number of para-hydroxylation sites is 1. The molecule has 0 saturated carbocycles. The maximum atomic E-state index is 14.1. The first-order chi connectivity index (χ1) is 20.8. The second-order valence-electron chi connectivity index (χ2n) is 11.8. The Bertz CT molecular complexity index is 1480. The van der Waals surface area contributed by atoms with Gasteiger partial charge in [-0.1, -0.05) is 62.4 Å². The standard InChI is InChI=1S/C36H39FN2O4/c1-24(2)19-33-27(21-34(41)38-29-11-7-4-8-12-29)20-32(25-9-5-3-6-10-25)36(26-13-15-28(37)16-14-26)39(33)18-17-31-22-30(40)23-35(42)43-31/h3-16,24,30-31,40H,17-23H2,1-2H3,(H,38,41)/t30-,31-/m1/s1. The predicted molar refractivity (Wildman–Crippen MR) is 167 cm³/mol. The van der Waals surface area contributed by atoms with Crippen LogP contribution in [0.4, 0.5) is 10.1 Å². The molecule has 0 bridgehead atoms. The third kappa shape index (κ3) is 7.79. The van der Waals surface area contributed by atoms with Crippen LogP contribution in [0.2, 0.25) is 0 Å². The third-order valence-electron chi connectivity index (χ3n) is 7.86. The lowest BCUT2D eigenvalue weighted by atomic mass is 9.84. The number of esters is 1. The molecule has 2 aliphatic heterocycles. The molecule has 2 atom stereocenters. The average molecular weight is 583 g/mol. The largest absolute Gasteiger partial charge is 0.462 e. The molecule has 0 spiro atoms. The minimum absolute atomic E-state index is 0.0122. The molecule has 2 aliphatic rings. The molecule has 3 aromatic rings. The van der Waals surface area contributed by atoms with Gasteiger partial charge < -0.3 is 20.1 Å². The number of anilines is 1. The molecule has 1 saturated heterocycles. The van der Waals surface area contributed by atoms with E-state index < -0.39 is 18.2 Å². The van der Waals surface area contributed by atoms with E-state index >= 15 is 0 Å². The molecule has 2 N–H and O–H groups in total. The maximum Gasteiger partial charge on any atom is 0.308 e. The molecule has 1 fully saturated rings. The molecular weight excluding hydrogens is 543 g/mol. The normalized spacial score (nSPS) is 19.1. The van der Waals surface area contributed by atoms with Crippen molar-refractivity contribution >= 4 is 28.8 Å². The van der Waals surface area contributed by atoms with Gasteiger partial charge in [-0.3, -0.25) is 9.59 Å². The molecule has 7 heteroatoms. The molecule has 3 aromatic carbocycles. The summed E-state index contributed by atoms with van der Waals surface area (Å²) in [5.74, 6) is -0.499. The summed E-state index contributed by atoms with van der Waals surface area (Å²) in [5, 5.41) is 13.3. The molecular formula is C36H39FN2O4. The molecule has 0 aromatic heterocycles. The number of benzene rings is 3. The number of carbonyl (C=O) groups is 2. The Morgan fingerprint density at radius 3 is 2.33 bits per heavy atom. The number of aliphatic hydroxyl groups excluding tert-OH is 1. The highest BCUT2D eigenvalue weighted by atomic mass is 19.1. The first kappa shape index (κ1) is 30.2. The monoisotopic (exact) mass is 582 g/mol. The van der Waals surface area contributed by atoms with Gasteiger partial charge in [0.15, 0.2) is 0 Å². The lowest BCUT2D eigenvalue weighted by molar-refractivity contribution is -0.160. The van der Waals surface area contributed by atoms with Crippen LogP contribution in [-0.2, 0) is 14.3 Å². The van der Waals surface area contributed by atoms with Gasteiger partial charge in [-0.15, -0.1) is 0 Å². The second kappa shape index (κ2) is 13.8. The van der Waals surface area contributed by atoms with Gasteiger partial charge in [0, 0.05) is 30.8 Å². The molecule has 224 valence electrons. The van der Waals surface area contributed by atoms with E-state index in [1.807, 2.05) is 48.5 Å². The number of allylic oxidation sites excluding steroid dienone is 2. The quantitative estimate of drug-likeness (QED) is 0.248. The third-order valence-corrected chi connectivity index (χ3v) is 7.86. The van der Waals surface area contributed by atoms with Crippen molar-refractivity contribution in [1.29, 1.82) is 0 Å². The Labute approximate surface area is 252 Å². The fourth-order valence-corrected chi connectivity index (χ4v) is 5.99. The topological polar surface area (TPSA) is 78.9 Å². The maximum absolute atomic E-state index is 14.1. The van der Waals surface area contributed by atoms with Gasteiger partial charge in [0.05, 0.1) is 24.6 Å². The van der Waals surface area contributed by atoms with Crippen molar-refractivity contribution in [3.63, 3.8) is 0 Å². The summed E-state index contributed by atoms with van der Waals surface area (Å²) in [4.78, 5) is 27.8. The summed E-state index contributed by atoms with van der Waals surface area (Å²) in [6, 6.07) is 26.0. The van der Waals surface area contributed by atoms with Crippen molar-refractivity contribution in [3.8, 4) is 0 Å². The SMILES string of the molecule is CC(C)CC1=C(CC(=O)Nc2ccccc2)CC(c2ccccc2)=C(c2ccc(F)cc2)N1CC[C@@H]1C[C@@H](O)CC(=O)O1. The van der Waals surface area contributed by atoms with Gasteiger partial charge in [-0.05, 0) is 77.4 Å². The highest BCUT2D eigenvalue weighted by Crippen LogP contribution is 2.44. The number of carbonyl (C=O) groups excluding carboxylic acids is 2. The summed E-state index contributed by atoms with van der Waals surface area (Å²) in [5.41, 5.74) is 6.72. The fraction of sp³-hybridized carbons (Fsp3) is 0.333. The van der Waals surface area contributed by atoms with E-state index in [9.17, 15) is 19.1 Å². The molecule has 43 heavy (non-hydrogen) atoms. The minimum Gasteiger partial charge on any atom is -0.462 e. The van der Waals surface area contributed by atoms with Crippen LogP contribution in [0.25, 0.3) is 11.3 Å². The molecule has 6 nitrogen and oxygen atoms in total. The lowest BCUT2D eigenvalue weighted by Crippen LogP contribution is -2.36. The van der Waals surface area contributed by atoms with Crippen LogP contribution in [0.5, 0.6) is 0 Å². The highest BCUT2D eigenvalue weighted by molar-refractivity contribution is 5.96. The average Bonchev–Trinajstić information content (AvgIpc) is 2.98. The summed E-state index contributed by atoms with van der Waals surface area (Å²) in [7, 11) is 0. The Morgan fingerprint density at radius 2 is 1.67 bits per heavy atom. The van der Waals surface area contributed by atoms with Gasteiger partial charge in [-0.25, -0.2) is 4.39 Å².